The molecule has 19 heavy (non-hydrogen) atoms. The number of halogens is 1. The Morgan fingerprint density at radius 1 is 1.32 bits per heavy atom. The molecule has 1 aromatic rings. The van der Waals surface area contributed by atoms with Crippen molar-refractivity contribution in [3.05, 3.63) is 28.8 Å². The van der Waals surface area contributed by atoms with Gasteiger partial charge in [0.05, 0.1) is 11.1 Å². The van der Waals surface area contributed by atoms with Crippen molar-refractivity contribution >= 4 is 11.6 Å². The number of hydrogen-bond donors (Lipinski definition) is 2. The summed E-state index contributed by atoms with van der Waals surface area (Å²) >= 11 is 6.22. The summed E-state index contributed by atoms with van der Waals surface area (Å²) < 4.78 is 5.62. The minimum absolute atomic E-state index is 0.265. The van der Waals surface area contributed by atoms with Crippen LogP contribution in [0.5, 0.6) is 5.75 Å². The van der Waals surface area contributed by atoms with Crippen LogP contribution in [-0.4, -0.2) is 23.9 Å². The molecule has 0 aliphatic rings. The van der Waals surface area contributed by atoms with Crippen molar-refractivity contribution < 1.29 is 9.84 Å². The fourth-order valence-electron chi connectivity index (χ4n) is 1.66. The third-order valence-electron chi connectivity index (χ3n) is 3.15. The SMILES string of the molecule is CCCNC(C)c1ccc(OC(C)C(C)O)c(Cl)c1. The van der Waals surface area contributed by atoms with E-state index >= 15 is 0 Å². The first-order chi connectivity index (χ1) is 8.95. The molecule has 1 aromatic carbocycles. The maximum atomic E-state index is 9.43. The van der Waals surface area contributed by atoms with Gasteiger partial charge in [-0.15, -0.1) is 0 Å². The van der Waals surface area contributed by atoms with E-state index in [9.17, 15) is 5.11 Å². The van der Waals surface area contributed by atoms with E-state index in [0.717, 1.165) is 18.5 Å². The molecule has 0 spiro atoms. The lowest BCUT2D eigenvalue weighted by Gasteiger charge is -2.19. The summed E-state index contributed by atoms with van der Waals surface area (Å²) in [6.07, 6.45) is 0.297. The Labute approximate surface area is 120 Å². The van der Waals surface area contributed by atoms with E-state index in [0.29, 0.717) is 10.8 Å². The molecule has 0 fully saturated rings. The van der Waals surface area contributed by atoms with Crippen molar-refractivity contribution in [3.8, 4) is 5.75 Å². The van der Waals surface area contributed by atoms with Crippen molar-refractivity contribution in [2.45, 2.75) is 52.4 Å². The Bertz CT molecular complexity index is 396. The van der Waals surface area contributed by atoms with E-state index in [-0.39, 0.29) is 12.1 Å². The zero-order valence-electron chi connectivity index (χ0n) is 12.1. The van der Waals surface area contributed by atoms with Crippen molar-refractivity contribution in [1.29, 1.82) is 0 Å². The van der Waals surface area contributed by atoms with Gasteiger partial charge in [0.2, 0.25) is 0 Å². The predicted octanol–water partition coefficient (Wildman–Crippen LogP) is 3.55. The second kappa shape index (κ2) is 7.73. The number of aliphatic hydroxyl groups is 1. The Morgan fingerprint density at radius 2 is 2.00 bits per heavy atom. The van der Waals surface area contributed by atoms with Gasteiger partial charge in [0, 0.05) is 6.04 Å². The molecule has 108 valence electrons. The molecular formula is C15H24ClNO2. The minimum Gasteiger partial charge on any atom is -0.486 e. The molecule has 0 radical (unpaired) electrons. The van der Waals surface area contributed by atoms with Gasteiger partial charge in [-0.2, -0.15) is 0 Å². The summed E-state index contributed by atoms with van der Waals surface area (Å²) in [6, 6.07) is 6.05. The second-order valence-electron chi connectivity index (χ2n) is 4.93. The van der Waals surface area contributed by atoms with Crippen LogP contribution in [0.4, 0.5) is 0 Å². The standard InChI is InChI=1S/C15H24ClNO2/c1-5-8-17-10(2)13-6-7-15(14(16)9-13)19-12(4)11(3)18/h6-7,9-12,17-18H,5,8H2,1-4H3. The van der Waals surface area contributed by atoms with E-state index in [1.807, 2.05) is 25.1 Å². The van der Waals surface area contributed by atoms with Crippen LogP contribution >= 0.6 is 11.6 Å². The van der Waals surface area contributed by atoms with Crippen molar-refractivity contribution in [3.63, 3.8) is 0 Å². The fourth-order valence-corrected chi connectivity index (χ4v) is 1.89. The highest BCUT2D eigenvalue weighted by molar-refractivity contribution is 6.32. The van der Waals surface area contributed by atoms with E-state index in [1.54, 1.807) is 6.92 Å². The summed E-state index contributed by atoms with van der Waals surface area (Å²) in [7, 11) is 0. The lowest BCUT2D eigenvalue weighted by Crippen LogP contribution is -2.25. The number of rotatable bonds is 7. The first-order valence-electron chi connectivity index (χ1n) is 6.83. The highest BCUT2D eigenvalue weighted by atomic mass is 35.5. The topological polar surface area (TPSA) is 41.5 Å². The molecule has 4 heteroatoms. The molecule has 0 aliphatic carbocycles. The number of ether oxygens (including phenoxy) is 1. The average molecular weight is 286 g/mol. The summed E-state index contributed by atoms with van der Waals surface area (Å²) in [5, 5.41) is 13.4. The van der Waals surface area contributed by atoms with Gasteiger partial charge in [-0.1, -0.05) is 24.6 Å². The maximum absolute atomic E-state index is 9.43. The smallest absolute Gasteiger partial charge is 0.138 e. The van der Waals surface area contributed by atoms with Crippen LogP contribution < -0.4 is 10.1 Å². The molecule has 3 atom stereocenters. The molecule has 1 rings (SSSR count). The van der Waals surface area contributed by atoms with Gasteiger partial charge in [-0.05, 0) is 51.4 Å². The van der Waals surface area contributed by atoms with Crippen molar-refractivity contribution in [2.24, 2.45) is 0 Å². The number of aliphatic hydroxyl groups excluding tert-OH is 1. The normalized spacial score (nSPS) is 15.9. The first-order valence-corrected chi connectivity index (χ1v) is 7.21. The quantitative estimate of drug-likeness (QED) is 0.805. The van der Waals surface area contributed by atoms with Crippen LogP contribution in [0.15, 0.2) is 18.2 Å². The summed E-state index contributed by atoms with van der Waals surface area (Å²) in [5.74, 6) is 0.613. The molecule has 2 N–H and O–H groups in total. The number of hydrogen-bond acceptors (Lipinski definition) is 3. The van der Waals surface area contributed by atoms with E-state index in [2.05, 4.69) is 19.2 Å². The Hall–Kier alpha value is -0.770. The highest BCUT2D eigenvalue weighted by Crippen LogP contribution is 2.29. The van der Waals surface area contributed by atoms with E-state index in [1.165, 1.54) is 0 Å². The highest BCUT2D eigenvalue weighted by Gasteiger charge is 2.14. The van der Waals surface area contributed by atoms with Crippen LogP contribution in [-0.2, 0) is 0 Å². The Morgan fingerprint density at radius 3 is 2.53 bits per heavy atom. The monoisotopic (exact) mass is 285 g/mol. The Balaban J connectivity index is 2.74. The molecular weight excluding hydrogens is 262 g/mol. The minimum atomic E-state index is -0.527. The van der Waals surface area contributed by atoms with E-state index < -0.39 is 6.10 Å². The van der Waals surface area contributed by atoms with Gasteiger partial charge in [-0.25, -0.2) is 0 Å². The molecule has 0 aliphatic heterocycles. The van der Waals surface area contributed by atoms with Crippen LogP contribution in [0.25, 0.3) is 0 Å². The van der Waals surface area contributed by atoms with Crippen LogP contribution in [0.2, 0.25) is 5.02 Å². The molecule has 0 amide bonds. The fraction of sp³-hybridized carbons (Fsp3) is 0.600. The van der Waals surface area contributed by atoms with Crippen LogP contribution in [0.3, 0.4) is 0 Å². The lowest BCUT2D eigenvalue weighted by atomic mass is 10.1. The zero-order valence-corrected chi connectivity index (χ0v) is 12.9. The molecule has 0 aromatic heterocycles. The van der Waals surface area contributed by atoms with Crippen LogP contribution in [0.1, 0.15) is 45.7 Å². The van der Waals surface area contributed by atoms with E-state index in [4.69, 9.17) is 16.3 Å². The molecule has 0 heterocycles. The van der Waals surface area contributed by atoms with Gasteiger partial charge >= 0.3 is 0 Å². The van der Waals surface area contributed by atoms with Gasteiger partial charge in [-0.3, -0.25) is 0 Å². The third-order valence-corrected chi connectivity index (χ3v) is 3.44. The van der Waals surface area contributed by atoms with Gasteiger partial charge < -0.3 is 15.2 Å². The lowest BCUT2D eigenvalue weighted by molar-refractivity contribution is 0.0605. The third kappa shape index (κ3) is 5.01. The van der Waals surface area contributed by atoms with Crippen molar-refractivity contribution in [2.75, 3.05) is 6.54 Å². The van der Waals surface area contributed by atoms with Gasteiger partial charge in [0.25, 0.3) is 0 Å². The zero-order chi connectivity index (χ0) is 14.4. The maximum Gasteiger partial charge on any atom is 0.138 e. The molecule has 0 bridgehead atoms. The molecule has 0 saturated heterocycles. The first kappa shape index (κ1) is 16.3. The number of benzene rings is 1. The largest absolute Gasteiger partial charge is 0.486 e. The van der Waals surface area contributed by atoms with Gasteiger partial charge in [0.1, 0.15) is 11.9 Å². The van der Waals surface area contributed by atoms with Gasteiger partial charge in [0.15, 0.2) is 0 Å². The summed E-state index contributed by atoms with van der Waals surface area (Å²) in [4.78, 5) is 0. The number of nitrogens with one attached hydrogen (secondary N) is 1. The van der Waals surface area contributed by atoms with Crippen LogP contribution in [0, 0.1) is 0 Å². The summed E-state index contributed by atoms with van der Waals surface area (Å²) in [5.41, 5.74) is 1.13. The summed E-state index contributed by atoms with van der Waals surface area (Å²) in [6.45, 7) is 8.75. The van der Waals surface area contributed by atoms with Crippen molar-refractivity contribution in [1.82, 2.24) is 5.32 Å². The Kier molecular flexibility index (Phi) is 6.63. The molecule has 0 saturated carbocycles. The average Bonchev–Trinajstić information content (AvgIpc) is 2.37. The molecule has 3 nitrogen and oxygen atoms in total. The predicted molar refractivity (Wildman–Crippen MR) is 79.9 cm³/mol. The molecule has 3 unspecified atom stereocenters. The second-order valence-corrected chi connectivity index (χ2v) is 5.34.